The predicted molar refractivity (Wildman–Crippen MR) is 166 cm³/mol. The number of hydrogen-bond donors (Lipinski definition) is 0. The molecule has 0 amide bonds. The van der Waals surface area contributed by atoms with E-state index in [-0.39, 0.29) is 36.1 Å². The molecular weight excluding hydrogens is 547 g/mol. The second-order valence-electron chi connectivity index (χ2n) is 11.4. The summed E-state index contributed by atoms with van der Waals surface area (Å²) in [4.78, 5) is 5.28. The van der Waals surface area contributed by atoms with Gasteiger partial charge in [0.2, 0.25) is 0 Å². The molecule has 0 fully saturated rings. The number of benzene rings is 3. The van der Waals surface area contributed by atoms with Crippen LogP contribution in [0.3, 0.4) is 0 Å². The van der Waals surface area contributed by atoms with Crippen LogP contribution in [0.4, 0.5) is 0 Å². The Morgan fingerprint density at radius 1 is 0.737 bits per heavy atom. The van der Waals surface area contributed by atoms with Gasteiger partial charge in [-0.25, -0.2) is 0 Å². The van der Waals surface area contributed by atoms with E-state index in [1.54, 1.807) is 7.11 Å². The number of halogens is 2. The van der Waals surface area contributed by atoms with E-state index >= 15 is 0 Å². The summed E-state index contributed by atoms with van der Waals surface area (Å²) in [5.41, 5.74) is 5.19. The average Bonchev–Trinajstić information content (AvgIpc) is 3.07. The quantitative estimate of drug-likeness (QED) is 0.270. The molecule has 2 nitrogen and oxygen atoms in total. The fourth-order valence-corrected chi connectivity index (χ4v) is 15.0. The summed E-state index contributed by atoms with van der Waals surface area (Å²) in [6, 6.07) is 27.8. The van der Waals surface area contributed by atoms with Crippen LogP contribution in [0.1, 0.15) is 54.0 Å². The third kappa shape index (κ3) is 5.21. The zero-order chi connectivity index (χ0) is 26.3. The monoisotopic (exact) mass is 588 g/mol. The molecule has 3 aromatic rings. The Balaban J connectivity index is 0.00000253. The maximum atomic E-state index is 7.58. The number of hydrogen-bond acceptors (Lipinski definition) is 2. The zero-order valence-corrected chi connectivity index (χ0v) is 27.1. The Hall–Kier alpha value is -2.10. The van der Waals surface area contributed by atoms with E-state index in [0.717, 1.165) is 11.5 Å². The number of ether oxygens (including phenoxy) is 1. The first-order chi connectivity index (χ1) is 16.9. The van der Waals surface area contributed by atoms with Gasteiger partial charge in [0.15, 0.2) is 0 Å². The molecule has 5 heteroatoms. The number of methoxy groups -OCH3 is 1. The van der Waals surface area contributed by atoms with Crippen molar-refractivity contribution in [2.45, 2.75) is 53.9 Å². The molecule has 0 saturated heterocycles. The summed E-state index contributed by atoms with van der Waals surface area (Å²) >= 11 is -4.67. The van der Waals surface area contributed by atoms with Crippen LogP contribution in [-0.2, 0) is 20.6 Å². The van der Waals surface area contributed by atoms with Gasteiger partial charge in [-0.2, -0.15) is 0 Å². The number of rotatable bonds is 6. The third-order valence-electron chi connectivity index (χ3n) is 8.30. The molecule has 0 heterocycles. The van der Waals surface area contributed by atoms with Gasteiger partial charge < -0.3 is 0 Å². The molecule has 0 bridgehead atoms. The van der Waals surface area contributed by atoms with Crippen LogP contribution in [0.2, 0.25) is 0 Å². The standard InChI is InChI=1S/C11H16O2.C9H13.2C6H5.CH2.2ClH.Ti/c1-11(2,3)8-5-9(12)7-10(6-8)13-4;1-6-5-7(2)9(4)8(6)3;2*1-2-4-6-5-3-1;;;;/h5-7,12H,1-4H3;6H,1-4H3;2*1-5H;1H2;2*1H;/q;;;;;;;+1/p-1. The minimum absolute atomic E-state index is 0. The Labute approximate surface area is 242 Å². The summed E-state index contributed by atoms with van der Waals surface area (Å²) < 4.78 is 17.1. The minimum atomic E-state index is -4.67. The van der Waals surface area contributed by atoms with Crippen LogP contribution in [0, 0.1) is 5.92 Å². The van der Waals surface area contributed by atoms with Crippen molar-refractivity contribution < 1.29 is 23.3 Å². The molecule has 0 saturated carbocycles. The van der Waals surface area contributed by atoms with Crippen molar-refractivity contribution in [3.05, 3.63) is 105 Å². The average molecular weight is 589 g/mol. The second-order valence-corrected chi connectivity index (χ2v) is 18.6. The van der Waals surface area contributed by atoms with E-state index in [9.17, 15) is 0 Å². The van der Waals surface area contributed by atoms with Crippen LogP contribution >= 0.6 is 24.8 Å². The fraction of sp³-hybridized carbons (Fsp3) is 0.303. The molecule has 0 aliphatic heterocycles. The summed E-state index contributed by atoms with van der Waals surface area (Å²) in [6.07, 6.45) is 0. The van der Waals surface area contributed by atoms with Gasteiger partial charge in [-0.05, 0) is 0 Å². The first-order valence-corrected chi connectivity index (χ1v) is 16.9. The molecular formula is C33H42Cl2O2Ti. The van der Waals surface area contributed by atoms with Crippen molar-refractivity contribution in [3.8, 4) is 11.5 Å². The molecule has 0 spiro atoms. The van der Waals surface area contributed by atoms with E-state index in [0.29, 0.717) is 0 Å². The van der Waals surface area contributed by atoms with E-state index in [1.807, 2.05) is 6.07 Å². The molecule has 204 valence electrons. The van der Waals surface area contributed by atoms with Gasteiger partial charge in [0.25, 0.3) is 0 Å². The Kier molecular flexibility index (Phi) is 9.77. The summed E-state index contributed by atoms with van der Waals surface area (Å²) in [7, 11) is 1.72. The molecule has 4 rings (SSSR count). The second kappa shape index (κ2) is 11.6. The van der Waals surface area contributed by atoms with Crippen LogP contribution in [0.15, 0.2) is 99.5 Å². The fourth-order valence-electron chi connectivity index (χ4n) is 5.89. The summed E-state index contributed by atoms with van der Waals surface area (Å²) in [6.45, 7) is 15.7. The molecule has 1 atom stereocenters. The molecule has 1 aliphatic rings. The van der Waals surface area contributed by atoms with Crippen LogP contribution in [0.5, 0.6) is 11.5 Å². The summed E-state index contributed by atoms with van der Waals surface area (Å²) in [5, 5.41) is 0. The van der Waals surface area contributed by atoms with Crippen molar-refractivity contribution in [1.29, 1.82) is 0 Å². The van der Waals surface area contributed by atoms with Gasteiger partial charge in [0.1, 0.15) is 0 Å². The van der Waals surface area contributed by atoms with Gasteiger partial charge in [0, 0.05) is 0 Å². The van der Waals surface area contributed by atoms with Gasteiger partial charge in [-0.3, -0.25) is 0 Å². The first kappa shape index (κ1) is 32.1. The van der Waals surface area contributed by atoms with Crippen LogP contribution in [0.25, 0.3) is 0 Å². The summed E-state index contributed by atoms with van der Waals surface area (Å²) in [5.74, 6) is 1.86. The maximum absolute atomic E-state index is 7.58. The van der Waals surface area contributed by atoms with E-state index < -0.39 is 15.2 Å². The number of allylic oxidation sites excluding steroid dienone is 4. The molecule has 3 aromatic carbocycles. The van der Waals surface area contributed by atoms with Gasteiger partial charge in [0.05, 0.1) is 0 Å². The van der Waals surface area contributed by atoms with Gasteiger partial charge in [-0.1, -0.05) is 0 Å². The zero-order valence-electron chi connectivity index (χ0n) is 23.9. The van der Waals surface area contributed by atoms with Crippen molar-refractivity contribution in [3.63, 3.8) is 0 Å². The van der Waals surface area contributed by atoms with E-state index in [1.165, 1.54) is 33.9 Å². The molecule has 38 heavy (non-hydrogen) atoms. The molecule has 0 N–H and O–H groups in total. The molecule has 0 aromatic heterocycles. The Morgan fingerprint density at radius 3 is 1.61 bits per heavy atom. The molecule has 1 aliphatic carbocycles. The van der Waals surface area contributed by atoms with Crippen LogP contribution < -0.4 is 15.8 Å². The predicted octanol–water partition coefficient (Wildman–Crippen LogP) is 8.16. The van der Waals surface area contributed by atoms with Crippen molar-refractivity contribution >= 4 is 37.4 Å². The van der Waals surface area contributed by atoms with Crippen molar-refractivity contribution in [2.75, 3.05) is 7.11 Å². The Bertz CT molecular complexity index is 1370. The Morgan fingerprint density at radius 2 is 1.21 bits per heavy atom. The van der Waals surface area contributed by atoms with Crippen molar-refractivity contribution in [1.82, 2.24) is 0 Å². The molecule has 1 unspecified atom stereocenters. The van der Waals surface area contributed by atoms with Crippen molar-refractivity contribution in [2.24, 2.45) is 5.92 Å². The van der Waals surface area contributed by atoms with Gasteiger partial charge >= 0.3 is 219 Å². The third-order valence-corrected chi connectivity index (χ3v) is 17.3. The SMILES string of the molecule is Cl.Cl.[CH2]=[Ti]([O]c1cc(OC)cc(C(C)(C)C)c1)([C]1=C(C)C(C)=C(C)C1C)([c]1ccccc1)[c]1ccccc1. The first-order valence-electron chi connectivity index (χ1n) is 12.8. The van der Waals surface area contributed by atoms with E-state index in [2.05, 4.69) is 121 Å². The molecule has 0 radical (unpaired) electrons. The van der Waals surface area contributed by atoms with Crippen LogP contribution in [-0.4, -0.2) is 11.9 Å². The topological polar surface area (TPSA) is 18.5 Å². The van der Waals surface area contributed by atoms with Gasteiger partial charge in [-0.15, -0.1) is 24.8 Å². The van der Waals surface area contributed by atoms with E-state index in [4.69, 9.17) is 12.9 Å². The normalized spacial score (nSPS) is 16.1.